The van der Waals surface area contributed by atoms with E-state index in [-0.39, 0.29) is 16.6 Å². The van der Waals surface area contributed by atoms with Crippen molar-refractivity contribution in [1.29, 1.82) is 0 Å². The third-order valence-corrected chi connectivity index (χ3v) is 4.12. The van der Waals surface area contributed by atoms with Crippen molar-refractivity contribution in [3.63, 3.8) is 0 Å². The van der Waals surface area contributed by atoms with Crippen molar-refractivity contribution in [3.8, 4) is 0 Å². The minimum atomic E-state index is -3.67. The first kappa shape index (κ1) is 13.5. The number of nitrogens with one attached hydrogen (secondary N) is 1. The Morgan fingerprint density at radius 1 is 1.47 bits per heavy atom. The average molecular weight is 281 g/mol. The van der Waals surface area contributed by atoms with E-state index in [1.807, 2.05) is 0 Å². The molecule has 0 aliphatic rings. The second-order valence-corrected chi connectivity index (χ2v) is 5.85. The summed E-state index contributed by atoms with van der Waals surface area (Å²) in [6, 6.07) is 2.91. The summed E-state index contributed by atoms with van der Waals surface area (Å²) in [5.74, 6) is 0. The molecule has 2 aromatic rings. The van der Waals surface area contributed by atoms with Gasteiger partial charge in [-0.15, -0.1) is 0 Å². The fourth-order valence-corrected chi connectivity index (χ4v) is 2.98. The summed E-state index contributed by atoms with van der Waals surface area (Å²) in [7, 11) is -3.67. The van der Waals surface area contributed by atoms with Crippen LogP contribution in [0.5, 0.6) is 0 Å². The van der Waals surface area contributed by atoms with E-state index in [0.29, 0.717) is 6.54 Å². The van der Waals surface area contributed by atoms with Gasteiger partial charge in [-0.3, -0.25) is 9.67 Å². The number of nitrogens with two attached hydrogens (primary N) is 1. The van der Waals surface area contributed by atoms with Crippen LogP contribution in [0.2, 0.25) is 0 Å². The molecule has 0 saturated heterocycles. The highest BCUT2D eigenvalue weighted by atomic mass is 32.2. The molecule has 0 bridgehead atoms. The van der Waals surface area contributed by atoms with Gasteiger partial charge in [0.2, 0.25) is 10.0 Å². The molecule has 102 valence electrons. The SMILES string of the molecule is CC(Cn1cccn1)NS(=O)(=O)c1cnccc1N. The Bertz CT molecular complexity index is 639. The minimum absolute atomic E-state index is 0.0117. The van der Waals surface area contributed by atoms with Gasteiger partial charge in [-0.1, -0.05) is 0 Å². The molecule has 19 heavy (non-hydrogen) atoms. The molecule has 7 nitrogen and oxygen atoms in total. The number of anilines is 1. The summed E-state index contributed by atoms with van der Waals surface area (Å²) < 4.78 is 28.5. The Kier molecular flexibility index (Phi) is 3.82. The molecule has 2 aromatic heterocycles. The van der Waals surface area contributed by atoms with Crippen LogP contribution in [0.1, 0.15) is 6.92 Å². The van der Waals surface area contributed by atoms with Crippen LogP contribution >= 0.6 is 0 Å². The number of pyridine rings is 1. The second kappa shape index (κ2) is 5.37. The maximum atomic E-state index is 12.1. The van der Waals surface area contributed by atoms with Gasteiger partial charge in [0.05, 0.1) is 12.2 Å². The Hall–Kier alpha value is -1.93. The summed E-state index contributed by atoms with van der Waals surface area (Å²) in [6.07, 6.45) is 6.09. The van der Waals surface area contributed by atoms with E-state index in [9.17, 15) is 8.42 Å². The van der Waals surface area contributed by atoms with Gasteiger partial charge in [-0.2, -0.15) is 5.10 Å². The predicted molar refractivity (Wildman–Crippen MR) is 70.7 cm³/mol. The number of nitrogens with zero attached hydrogens (tertiary/aromatic N) is 3. The van der Waals surface area contributed by atoms with E-state index in [1.54, 1.807) is 30.1 Å². The van der Waals surface area contributed by atoms with E-state index < -0.39 is 10.0 Å². The first-order valence-electron chi connectivity index (χ1n) is 5.68. The van der Waals surface area contributed by atoms with Gasteiger partial charge in [-0.25, -0.2) is 13.1 Å². The average Bonchev–Trinajstić information content (AvgIpc) is 2.81. The number of rotatable bonds is 5. The predicted octanol–water partition coefficient (Wildman–Crippen LogP) is 0.227. The van der Waals surface area contributed by atoms with Crippen molar-refractivity contribution < 1.29 is 8.42 Å². The monoisotopic (exact) mass is 281 g/mol. The van der Waals surface area contributed by atoms with Crippen LogP contribution in [-0.2, 0) is 16.6 Å². The van der Waals surface area contributed by atoms with Crippen molar-refractivity contribution in [2.75, 3.05) is 5.73 Å². The Balaban J connectivity index is 2.11. The molecule has 2 rings (SSSR count). The number of hydrogen-bond acceptors (Lipinski definition) is 5. The van der Waals surface area contributed by atoms with E-state index >= 15 is 0 Å². The van der Waals surface area contributed by atoms with Crippen molar-refractivity contribution in [3.05, 3.63) is 36.9 Å². The minimum Gasteiger partial charge on any atom is -0.398 e. The van der Waals surface area contributed by atoms with Crippen LogP contribution in [0, 0.1) is 0 Å². The smallest absolute Gasteiger partial charge is 0.244 e. The Morgan fingerprint density at radius 2 is 2.26 bits per heavy atom. The molecule has 3 N–H and O–H groups in total. The van der Waals surface area contributed by atoms with E-state index in [4.69, 9.17) is 5.73 Å². The molecule has 0 radical (unpaired) electrons. The topological polar surface area (TPSA) is 103 Å². The van der Waals surface area contributed by atoms with Gasteiger partial charge >= 0.3 is 0 Å². The first-order valence-corrected chi connectivity index (χ1v) is 7.16. The number of aromatic nitrogens is 3. The standard InChI is InChI=1S/C11H15N5O2S/c1-9(8-16-6-2-4-14-16)15-19(17,18)11-7-13-5-3-10(11)12/h2-7,9,15H,8H2,1H3,(H2,12,13). The largest absolute Gasteiger partial charge is 0.398 e. The fourth-order valence-electron chi connectivity index (χ4n) is 1.67. The third kappa shape index (κ3) is 3.30. The Labute approximate surface area is 111 Å². The van der Waals surface area contributed by atoms with Crippen LogP contribution < -0.4 is 10.5 Å². The van der Waals surface area contributed by atoms with Crippen molar-refractivity contribution in [2.24, 2.45) is 0 Å². The van der Waals surface area contributed by atoms with Gasteiger partial charge in [0.1, 0.15) is 4.90 Å². The lowest BCUT2D eigenvalue weighted by molar-refractivity contribution is 0.494. The molecule has 0 saturated carbocycles. The molecule has 0 spiro atoms. The number of hydrogen-bond donors (Lipinski definition) is 2. The van der Waals surface area contributed by atoms with E-state index in [0.717, 1.165) is 0 Å². The molecule has 1 atom stereocenters. The van der Waals surface area contributed by atoms with Crippen LogP contribution in [-0.4, -0.2) is 29.2 Å². The quantitative estimate of drug-likeness (QED) is 0.816. The molecule has 0 aliphatic heterocycles. The normalized spacial score (nSPS) is 13.3. The second-order valence-electron chi connectivity index (χ2n) is 4.16. The highest BCUT2D eigenvalue weighted by Gasteiger charge is 2.20. The molecule has 0 aromatic carbocycles. The summed E-state index contributed by atoms with van der Waals surface area (Å²) in [5.41, 5.74) is 5.82. The lowest BCUT2D eigenvalue weighted by atomic mass is 10.4. The van der Waals surface area contributed by atoms with Crippen LogP contribution in [0.4, 0.5) is 5.69 Å². The maximum absolute atomic E-state index is 12.1. The third-order valence-electron chi connectivity index (χ3n) is 2.48. The van der Waals surface area contributed by atoms with Crippen molar-refractivity contribution in [1.82, 2.24) is 19.5 Å². The van der Waals surface area contributed by atoms with Crippen molar-refractivity contribution >= 4 is 15.7 Å². The van der Waals surface area contributed by atoms with Crippen molar-refractivity contribution in [2.45, 2.75) is 24.4 Å². The van der Waals surface area contributed by atoms with E-state index in [2.05, 4.69) is 14.8 Å². The molecule has 0 amide bonds. The highest BCUT2D eigenvalue weighted by Crippen LogP contribution is 2.15. The summed E-state index contributed by atoms with van der Waals surface area (Å²) in [4.78, 5) is 3.77. The number of nitrogen functional groups attached to an aromatic ring is 1. The molecule has 0 fully saturated rings. The Morgan fingerprint density at radius 3 is 2.89 bits per heavy atom. The highest BCUT2D eigenvalue weighted by molar-refractivity contribution is 7.89. The molecule has 0 aliphatic carbocycles. The molecular weight excluding hydrogens is 266 g/mol. The zero-order chi connectivity index (χ0) is 13.9. The van der Waals surface area contributed by atoms with E-state index in [1.165, 1.54) is 18.5 Å². The lowest BCUT2D eigenvalue weighted by Crippen LogP contribution is -2.36. The molecular formula is C11H15N5O2S. The summed E-state index contributed by atoms with van der Waals surface area (Å²) in [6.45, 7) is 2.19. The molecule has 1 unspecified atom stereocenters. The zero-order valence-corrected chi connectivity index (χ0v) is 11.2. The van der Waals surface area contributed by atoms with Gasteiger partial charge in [-0.05, 0) is 19.1 Å². The molecule has 2 heterocycles. The van der Waals surface area contributed by atoms with Gasteiger partial charge in [0.25, 0.3) is 0 Å². The van der Waals surface area contributed by atoms with Crippen LogP contribution in [0.25, 0.3) is 0 Å². The molecule has 8 heteroatoms. The maximum Gasteiger partial charge on any atom is 0.244 e. The van der Waals surface area contributed by atoms with Crippen LogP contribution in [0.3, 0.4) is 0 Å². The number of sulfonamides is 1. The lowest BCUT2D eigenvalue weighted by Gasteiger charge is -2.15. The summed E-state index contributed by atoms with van der Waals surface area (Å²) >= 11 is 0. The fraction of sp³-hybridized carbons (Fsp3) is 0.273. The first-order chi connectivity index (χ1) is 8.99. The zero-order valence-electron chi connectivity index (χ0n) is 10.4. The van der Waals surface area contributed by atoms with Gasteiger partial charge in [0, 0.05) is 30.8 Å². The summed E-state index contributed by atoms with van der Waals surface area (Å²) in [5, 5.41) is 4.02. The van der Waals surface area contributed by atoms with Crippen LogP contribution in [0.15, 0.2) is 41.8 Å². The van der Waals surface area contributed by atoms with Gasteiger partial charge < -0.3 is 5.73 Å². The van der Waals surface area contributed by atoms with Gasteiger partial charge in [0.15, 0.2) is 0 Å².